The van der Waals surface area contributed by atoms with Crippen LogP contribution in [0.3, 0.4) is 0 Å². The molecule has 0 aliphatic rings. The second-order valence-electron chi connectivity index (χ2n) is 7.73. The molecule has 0 aromatic carbocycles. The van der Waals surface area contributed by atoms with Crippen LogP contribution in [-0.2, 0) is 24.0 Å². The average molecular weight is 462 g/mol. The number of aliphatic carboxylic acids is 1. The van der Waals surface area contributed by atoms with Crippen molar-refractivity contribution in [3.8, 4) is 0 Å². The Morgan fingerprint density at radius 3 is 1.84 bits per heavy atom. The first-order chi connectivity index (χ1) is 14.4. The summed E-state index contributed by atoms with van der Waals surface area (Å²) in [5.41, 5.74) is 10.6. The SMILES string of the molecule is CSCCC(NC(=O)C(CC(C)C)NC(=O)C(C)N)C(=O)NC(CCC(N)=O)C(=O)O. The van der Waals surface area contributed by atoms with Crippen LogP contribution >= 0.6 is 11.8 Å². The van der Waals surface area contributed by atoms with Crippen molar-refractivity contribution in [2.45, 2.75) is 70.6 Å². The summed E-state index contributed by atoms with van der Waals surface area (Å²) in [7, 11) is 0. The van der Waals surface area contributed by atoms with Crippen LogP contribution in [0.25, 0.3) is 0 Å². The monoisotopic (exact) mass is 461 g/mol. The minimum absolute atomic E-state index is 0.0767. The molecule has 0 rings (SSSR count). The highest BCUT2D eigenvalue weighted by Crippen LogP contribution is 2.08. The van der Waals surface area contributed by atoms with Gasteiger partial charge in [-0.05, 0) is 44.1 Å². The number of amides is 4. The highest BCUT2D eigenvalue weighted by Gasteiger charge is 2.30. The van der Waals surface area contributed by atoms with Gasteiger partial charge in [-0.1, -0.05) is 13.8 Å². The zero-order valence-corrected chi connectivity index (χ0v) is 19.3. The molecule has 4 amide bonds. The van der Waals surface area contributed by atoms with E-state index in [1.165, 1.54) is 18.7 Å². The first-order valence-electron chi connectivity index (χ1n) is 10.1. The van der Waals surface area contributed by atoms with E-state index in [-0.39, 0.29) is 25.2 Å². The molecule has 0 aromatic heterocycles. The number of carboxylic acid groups (broad SMARTS) is 1. The Hall–Kier alpha value is -2.34. The van der Waals surface area contributed by atoms with E-state index in [0.717, 1.165) is 0 Å². The van der Waals surface area contributed by atoms with Gasteiger partial charge in [0.1, 0.15) is 18.1 Å². The van der Waals surface area contributed by atoms with Crippen LogP contribution < -0.4 is 27.4 Å². The maximum atomic E-state index is 12.8. The second kappa shape index (κ2) is 14.6. The van der Waals surface area contributed by atoms with Crippen LogP contribution in [0.1, 0.15) is 46.5 Å². The molecule has 0 radical (unpaired) electrons. The average Bonchev–Trinajstić information content (AvgIpc) is 2.66. The smallest absolute Gasteiger partial charge is 0.326 e. The number of rotatable bonds is 15. The zero-order chi connectivity index (χ0) is 24.1. The number of hydrogen-bond donors (Lipinski definition) is 6. The molecule has 0 fully saturated rings. The molecule has 11 nitrogen and oxygen atoms in total. The molecule has 0 aliphatic heterocycles. The lowest BCUT2D eigenvalue weighted by Crippen LogP contribution is -2.57. The minimum atomic E-state index is -1.32. The molecular weight excluding hydrogens is 426 g/mol. The van der Waals surface area contributed by atoms with E-state index >= 15 is 0 Å². The lowest BCUT2D eigenvalue weighted by molar-refractivity contribution is -0.142. The Bertz CT molecular complexity index is 643. The molecule has 0 aromatic rings. The summed E-state index contributed by atoms with van der Waals surface area (Å²) in [5.74, 6) is -3.15. The van der Waals surface area contributed by atoms with Gasteiger partial charge in [0.25, 0.3) is 0 Å². The fourth-order valence-electron chi connectivity index (χ4n) is 2.60. The summed E-state index contributed by atoms with van der Waals surface area (Å²) in [6.07, 6.45) is 2.03. The van der Waals surface area contributed by atoms with E-state index in [9.17, 15) is 29.1 Å². The number of nitrogens with one attached hydrogen (secondary N) is 3. The molecule has 178 valence electrons. The lowest BCUT2D eigenvalue weighted by atomic mass is 10.0. The minimum Gasteiger partial charge on any atom is -0.480 e. The quantitative estimate of drug-likeness (QED) is 0.177. The van der Waals surface area contributed by atoms with Gasteiger partial charge in [-0.15, -0.1) is 0 Å². The Kier molecular flexibility index (Phi) is 13.5. The number of carbonyl (C=O) groups excluding carboxylic acids is 4. The first kappa shape index (κ1) is 28.7. The molecule has 0 aliphatic carbocycles. The van der Waals surface area contributed by atoms with Crippen molar-refractivity contribution in [3.63, 3.8) is 0 Å². The first-order valence-corrected chi connectivity index (χ1v) is 11.4. The topological polar surface area (TPSA) is 194 Å². The van der Waals surface area contributed by atoms with E-state index in [2.05, 4.69) is 16.0 Å². The van der Waals surface area contributed by atoms with Crippen LogP contribution in [0.2, 0.25) is 0 Å². The van der Waals surface area contributed by atoms with Crippen LogP contribution in [0.4, 0.5) is 0 Å². The zero-order valence-electron chi connectivity index (χ0n) is 18.5. The third-order valence-electron chi connectivity index (χ3n) is 4.29. The number of primary amides is 1. The summed E-state index contributed by atoms with van der Waals surface area (Å²) >= 11 is 1.45. The Morgan fingerprint density at radius 1 is 0.871 bits per heavy atom. The van der Waals surface area contributed by atoms with Crippen molar-refractivity contribution in [2.75, 3.05) is 12.0 Å². The second-order valence-corrected chi connectivity index (χ2v) is 8.71. The van der Waals surface area contributed by atoms with Gasteiger partial charge in [0, 0.05) is 6.42 Å². The summed E-state index contributed by atoms with van der Waals surface area (Å²) in [6.45, 7) is 5.26. The number of nitrogens with two attached hydrogens (primary N) is 2. The number of carboxylic acids is 1. The third kappa shape index (κ3) is 12.2. The molecular formula is C19H35N5O6S. The largest absolute Gasteiger partial charge is 0.480 e. The maximum Gasteiger partial charge on any atom is 0.326 e. The van der Waals surface area contributed by atoms with Crippen molar-refractivity contribution in [1.82, 2.24) is 16.0 Å². The van der Waals surface area contributed by atoms with Crippen molar-refractivity contribution < 1.29 is 29.1 Å². The molecule has 4 unspecified atom stereocenters. The predicted octanol–water partition coefficient (Wildman–Crippen LogP) is -1.06. The van der Waals surface area contributed by atoms with Crippen LogP contribution in [0.15, 0.2) is 0 Å². The van der Waals surface area contributed by atoms with Crippen molar-refractivity contribution in [2.24, 2.45) is 17.4 Å². The van der Waals surface area contributed by atoms with Crippen molar-refractivity contribution in [3.05, 3.63) is 0 Å². The summed E-state index contributed by atoms with van der Waals surface area (Å²) in [4.78, 5) is 59.8. The highest BCUT2D eigenvalue weighted by molar-refractivity contribution is 7.98. The van der Waals surface area contributed by atoms with Crippen molar-refractivity contribution in [1.29, 1.82) is 0 Å². The van der Waals surface area contributed by atoms with Crippen LogP contribution in [0, 0.1) is 5.92 Å². The molecule has 0 bridgehead atoms. The van der Waals surface area contributed by atoms with Gasteiger partial charge in [0.15, 0.2) is 0 Å². The van der Waals surface area contributed by atoms with Gasteiger partial charge >= 0.3 is 5.97 Å². The van der Waals surface area contributed by atoms with E-state index < -0.39 is 53.8 Å². The molecule has 0 heterocycles. The number of thioether (sulfide) groups is 1. The van der Waals surface area contributed by atoms with Crippen molar-refractivity contribution >= 4 is 41.4 Å². The molecule has 12 heteroatoms. The van der Waals surface area contributed by atoms with E-state index in [4.69, 9.17) is 11.5 Å². The number of carbonyl (C=O) groups is 5. The third-order valence-corrected chi connectivity index (χ3v) is 4.94. The van der Waals surface area contributed by atoms with E-state index in [1.54, 1.807) is 0 Å². The fourth-order valence-corrected chi connectivity index (χ4v) is 3.07. The van der Waals surface area contributed by atoms with Gasteiger partial charge in [-0.2, -0.15) is 11.8 Å². The standard InChI is InChI=1S/C19H35N5O6S/c1-10(2)9-14(24-16(26)11(3)20)18(28)22-12(7-8-31-4)17(27)23-13(19(29)30)5-6-15(21)25/h10-14H,5-9,20H2,1-4H3,(H2,21,25)(H,22,28)(H,23,27)(H,24,26)(H,29,30). The van der Waals surface area contributed by atoms with Gasteiger partial charge in [-0.3, -0.25) is 19.2 Å². The molecule has 0 saturated carbocycles. The Morgan fingerprint density at radius 2 is 1.39 bits per heavy atom. The van der Waals surface area contributed by atoms with Gasteiger partial charge in [-0.25, -0.2) is 4.79 Å². The van der Waals surface area contributed by atoms with Gasteiger partial charge < -0.3 is 32.5 Å². The summed E-state index contributed by atoms with van der Waals surface area (Å²) < 4.78 is 0. The van der Waals surface area contributed by atoms with E-state index in [0.29, 0.717) is 12.2 Å². The molecule has 0 spiro atoms. The lowest BCUT2D eigenvalue weighted by Gasteiger charge is -2.25. The molecule has 31 heavy (non-hydrogen) atoms. The van der Waals surface area contributed by atoms with E-state index in [1.807, 2.05) is 20.1 Å². The fraction of sp³-hybridized carbons (Fsp3) is 0.737. The summed E-state index contributed by atoms with van der Waals surface area (Å²) in [5, 5.41) is 16.8. The predicted molar refractivity (Wildman–Crippen MR) is 118 cm³/mol. The van der Waals surface area contributed by atoms with Gasteiger partial charge in [0.05, 0.1) is 6.04 Å². The van der Waals surface area contributed by atoms with Gasteiger partial charge in [0.2, 0.25) is 23.6 Å². The van der Waals surface area contributed by atoms with Crippen LogP contribution in [0.5, 0.6) is 0 Å². The Balaban J connectivity index is 5.37. The summed E-state index contributed by atoms with van der Waals surface area (Å²) in [6, 6.07) is -4.04. The molecule has 8 N–H and O–H groups in total. The normalized spacial score (nSPS) is 14.8. The molecule has 0 saturated heterocycles. The molecule has 4 atom stereocenters. The highest BCUT2D eigenvalue weighted by atomic mass is 32.2. The maximum absolute atomic E-state index is 12.8. The number of hydrogen-bond acceptors (Lipinski definition) is 7. The van der Waals surface area contributed by atoms with Crippen LogP contribution in [-0.4, -0.2) is 70.9 Å². The Labute approximate surface area is 186 Å².